The fourth-order valence-corrected chi connectivity index (χ4v) is 4.91. The highest BCUT2D eigenvalue weighted by molar-refractivity contribution is 5.52. The van der Waals surface area contributed by atoms with E-state index in [0.717, 1.165) is 56.6 Å². The van der Waals surface area contributed by atoms with E-state index < -0.39 is 0 Å². The van der Waals surface area contributed by atoms with Crippen LogP contribution in [0.1, 0.15) is 36.2 Å². The summed E-state index contributed by atoms with van der Waals surface area (Å²) >= 11 is 0. The lowest BCUT2D eigenvalue weighted by Gasteiger charge is -2.41. The molecule has 0 radical (unpaired) electrons. The summed E-state index contributed by atoms with van der Waals surface area (Å²) < 4.78 is 5.43. The van der Waals surface area contributed by atoms with E-state index in [1.54, 1.807) is 12.4 Å². The van der Waals surface area contributed by atoms with Crippen LogP contribution in [0.3, 0.4) is 0 Å². The molecule has 2 fully saturated rings. The Morgan fingerprint density at radius 1 is 1.14 bits per heavy atom. The van der Waals surface area contributed by atoms with E-state index in [0.29, 0.717) is 37.2 Å². The van der Waals surface area contributed by atoms with Crippen molar-refractivity contribution in [2.24, 2.45) is 0 Å². The predicted molar refractivity (Wildman–Crippen MR) is 106 cm³/mol. The first-order chi connectivity index (χ1) is 14.2. The standard InChI is InChI=1S/C20H23N7O2/c21-12-15-17(23-6-5-22-15)27-7-1-3-20(13-27)4-2-14-16(20)24-19(25-18(14)28)26-8-10-29-11-9-26/h5-6H,1-4,7-11,13H2,(H,24,25,28). The molecule has 150 valence electrons. The van der Waals surface area contributed by atoms with Crippen LogP contribution in [0.5, 0.6) is 0 Å². The Hall–Kier alpha value is -2.99. The van der Waals surface area contributed by atoms with Crippen molar-refractivity contribution in [1.29, 1.82) is 5.26 Å². The lowest BCUT2D eigenvalue weighted by molar-refractivity contribution is 0.122. The van der Waals surface area contributed by atoms with Gasteiger partial charge in [0.25, 0.3) is 5.56 Å². The van der Waals surface area contributed by atoms with Gasteiger partial charge in [-0.25, -0.2) is 15.0 Å². The lowest BCUT2D eigenvalue weighted by Crippen LogP contribution is -2.47. The van der Waals surface area contributed by atoms with Crippen molar-refractivity contribution >= 4 is 11.8 Å². The zero-order valence-electron chi connectivity index (χ0n) is 16.2. The summed E-state index contributed by atoms with van der Waals surface area (Å²) in [7, 11) is 0. The smallest absolute Gasteiger partial charge is 0.255 e. The van der Waals surface area contributed by atoms with Crippen LogP contribution in [0.2, 0.25) is 0 Å². The third kappa shape index (κ3) is 3.04. The summed E-state index contributed by atoms with van der Waals surface area (Å²) in [4.78, 5) is 33.6. The molecule has 9 heteroatoms. The van der Waals surface area contributed by atoms with Crippen LogP contribution in [0.25, 0.3) is 0 Å². The molecule has 2 aromatic heterocycles. The second kappa shape index (κ2) is 7.12. The molecule has 1 unspecified atom stereocenters. The van der Waals surface area contributed by atoms with Crippen molar-refractivity contribution in [3.63, 3.8) is 0 Å². The average Bonchev–Trinajstić information content (AvgIpc) is 3.12. The van der Waals surface area contributed by atoms with Crippen LogP contribution in [0.4, 0.5) is 11.8 Å². The molecule has 0 aromatic carbocycles. The summed E-state index contributed by atoms with van der Waals surface area (Å²) in [5, 5.41) is 9.43. The molecule has 2 aliphatic heterocycles. The fourth-order valence-electron chi connectivity index (χ4n) is 4.91. The van der Waals surface area contributed by atoms with Gasteiger partial charge in [0.1, 0.15) is 6.07 Å². The minimum Gasteiger partial charge on any atom is -0.378 e. The Labute approximate surface area is 168 Å². The number of aromatic amines is 1. The molecule has 4 heterocycles. The highest BCUT2D eigenvalue weighted by Gasteiger charge is 2.45. The van der Waals surface area contributed by atoms with Crippen molar-refractivity contribution in [3.05, 3.63) is 39.7 Å². The Balaban J connectivity index is 1.52. The van der Waals surface area contributed by atoms with Gasteiger partial charge in [0.05, 0.1) is 18.9 Å². The van der Waals surface area contributed by atoms with Crippen molar-refractivity contribution in [2.45, 2.75) is 31.1 Å². The molecule has 9 nitrogen and oxygen atoms in total. The molecule has 2 saturated heterocycles. The molecule has 1 aliphatic carbocycles. The van der Waals surface area contributed by atoms with Crippen LogP contribution in [0, 0.1) is 11.3 Å². The number of nitrogens with one attached hydrogen (secondary N) is 1. The van der Waals surface area contributed by atoms with E-state index in [2.05, 4.69) is 30.8 Å². The van der Waals surface area contributed by atoms with Gasteiger partial charge in [-0.1, -0.05) is 0 Å². The quantitative estimate of drug-likeness (QED) is 0.796. The first-order valence-electron chi connectivity index (χ1n) is 10.1. The first kappa shape index (κ1) is 18.1. The second-order valence-electron chi connectivity index (χ2n) is 7.96. The zero-order chi connectivity index (χ0) is 19.8. The van der Waals surface area contributed by atoms with E-state index >= 15 is 0 Å². The molecule has 2 aromatic rings. The van der Waals surface area contributed by atoms with Crippen LogP contribution >= 0.6 is 0 Å². The van der Waals surface area contributed by atoms with E-state index in [9.17, 15) is 10.1 Å². The summed E-state index contributed by atoms with van der Waals surface area (Å²) in [6.07, 6.45) is 6.74. The van der Waals surface area contributed by atoms with Crippen molar-refractivity contribution in [3.8, 4) is 6.07 Å². The summed E-state index contributed by atoms with van der Waals surface area (Å²) in [6, 6.07) is 2.15. The predicted octanol–water partition coefficient (Wildman–Crippen LogP) is 0.753. The number of fused-ring (bicyclic) bond motifs is 2. The van der Waals surface area contributed by atoms with Gasteiger partial charge in [-0.15, -0.1) is 0 Å². The minimum absolute atomic E-state index is 0.0253. The summed E-state index contributed by atoms with van der Waals surface area (Å²) in [6.45, 7) is 4.26. The van der Waals surface area contributed by atoms with Gasteiger partial charge in [0, 0.05) is 49.6 Å². The van der Waals surface area contributed by atoms with E-state index in [1.165, 1.54) is 0 Å². The van der Waals surface area contributed by atoms with Crippen LogP contribution < -0.4 is 15.4 Å². The summed E-state index contributed by atoms with van der Waals surface area (Å²) in [5.74, 6) is 1.27. The molecule has 29 heavy (non-hydrogen) atoms. The topological polar surface area (TPSA) is 111 Å². The molecule has 1 atom stereocenters. The van der Waals surface area contributed by atoms with Crippen molar-refractivity contribution in [1.82, 2.24) is 19.9 Å². The molecule has 0 amide bonds. The number of morpholine rings is 1. The fraction of sp³-hybridized carbons (Fsp3) is 0.550. The zero-order valence-corrected chi connectivity index (χ0v) is 16.2. The molecule has 1 spiro atoms. The third-order valence-corrected chi connectivity index (χ3v) is 6.33. The Bertz CT molecular complexity index is 1020. The highest BCUT2D eigenvalue weighted by Crippen LogP contribution is 2.44. The van der Waals surface area contributed by atoms with Gasteiger partial charge < -0.3 is 14.5 Å². The molecule has 0 bridgehead atoms. The molecular formula is C20H23N7O2. The van der Waals surface area contributed by atoms with Gasteiger partial charge in [0.2, 0.25) is 5.95 Å². The maximum Gasteiger partial charge on any atom is 0.255 e. The number of hydrogen-bond acceptors (Lipinski definition) is 8. The highest BCUT2D eigenvalue weighted by atomic mass is 16.5. The molecule has 3 aliphatic rings. The molecule has 1 N–H and O–H groups in total. The van der Waals surface area contributed by atoms with Crippen LogP contribution in [-0.2, 0) is 16.6 Å². The van der Waals surface area contributed by atoms with Gasteiger partial charge in [0.15, 0.2) is 11.5 Å². The number of H-pyrrole nitrogens is 1. The van der Waals surface area contributed by atoms with E-state index in [4.69, 9.17) is 9.72 Å². The summed E-state index contributed by atoms with van der Waals surface area (Å²) in [5.41, 5.74) is 1.87. The maximum absolute atomic E-state index is 12.8. The largest absolute Gasteiger partial charge is 0.378 e. The van der Waals surface area contributed by atoms with E-state index in [1.807, 2.05) is 0 Å². The van der Waals surface area contributed by atoms with Crippen molar-refractivity contribution in [2.75, 3.05) is 49.2 Å². The first-order valence-corrected chi connectivity index (χ1v) is 10.1. The van der Waals surface area contributed by atoms with Gasteiger partial charge in [-0.3, -0.25) is 9.78 Å². The number of nitriles is 1. The van der Waals surface area contributed by atoms with Gasteiger partial charge >= 0.3 is 0 Å². The molecule has 5 rings (SSSR count). The van der Waals surface area contributed by atoms with Crippen LogP contribution in [0.15, 0.2) is 17.2 Å². The van der Waals surface area contributed by atoms with E-state index in [-0.39, 0.29) is 11.0 Å². The second-order valence-corrected chi connectivity index (χ2v) is 7.96. The average molecular weight is 393 g/mol. The SMILES string of the molecule is N#Cc1nccnc1N1CCCC2(CCc3c2nc(N2CCOCC2)[nH]c3=O)C1. The Kier molecular flexibility index (Phi) is 4.43. The van der Waals surface area contributed by atoms with Crippen LogP contribution in [-0.4, -0.2) is 59.3 Å². The number of aromatic nitrogens is 4. The Morgan fingerprint density at radius 2 is 1.97 bits per heavy atom. The van der Waals surface area contributed by atoms with Gasteiger partial charge in [-0.2, -0.15) is 5.26 Å². The molecular weight excluding hydrogens is 370 g/mol. The number of nitrogens with zero attached hydrogens (tertiary/aromatic N) is 6. The number of anilines is 2. The number of rotatable bonds is 2. The number of hydrogen-bond donors (Lipinski definition) is 1. The monoisotopic (exact) mass is 393 g/mol. The minimum atomic E-state index is -0.187. The van der Waals surface area contributed by atoms with Crippen molar-refractivity contribution < 1.29 is 4.74 Å². The molecule has 0 saturated carbocycles. The third-order valence-electron chi connectivity index (χ3n) is 6.33. The number of ether oxygens (including phenoxy) is 1. The number of piperidine rings is 1. The lowest BCUT2D eigenvalue weighted by atomic mass is 9.77. The normalized spacial score (nSPS) is 23.8. The Morgan fingerprint density at radius 3 is 2.79 bits per heavy atom. The maximum atomic E-state index is 12.8. The van der Waals surface area contributed by atoms with Gasteiger partial charge in [-0.05, 0) is 25.7 Å².